The largest absolute Gasteiger partial charge is 0.389 e. The minimum atomic E-state index is -1.82. The number of likely N-dealkylation sites (tertiary alicyclic amines) is 1. The van der Waals surface area contributed by atoms with Gasteiger partial charge in [-0.2, -0.15) is 0 Å². The van der Waals surface area contributed by atoms with E-state index in [1.165, 1.54) is 23.5 Å². The van der Waals surface area contributed by atoms with Crippen LogP contribution in [0.1, 0.15) is 95.6 Å². The minimum absolute atomic E-state index is 0.000227. The molecule has 0 unspecified atom stereocenters. The number of guanidine groups is 1. The maximum absolute atomic E-state index is 14.3. The van der Waals surface area contributed by atoms with Gasteiger partial charge in [0.2, 0.25) is 47.3 Å². The van der Waals surface area contributed by atoms with Crippen molar-refractivity contribution in [2.75, 3.05) is 65.4 Å². The third-order valence-electron chi connectivity index (χ3n) is 12.9. The van der Waals surface area contributed by atoms with Crippen molar-refractivity contribution in [2.24, 2.45) is 56.6 Å². The van der Waals surface area contributed by atoms with Crippen molar-refractivity contribution >= 4 is 59.1 Å². The first-order valence-corrected chi connectivity index (χ1v) is 27.5. The van der Waals surface area contributed by atoms with Gasteiger partial charge in [-0.1, -0.05) is 18.9 Å². The molecule has 0 aliphatic carbocycles. The monoisotopic (exact) mass is 1150 g/mol. The molecule has 0 aromatic carbocycles. The molecule has 458 valence electrons. The second-order valence-corrected chi connectivity index (χ2v) is 19.4. The maximum atomic E-state index is 14.3. The Morgan fingerprint density at radius 3 is 1.93 bits per heavy atom. The Morgan fingerprint density at radius 2 is 1.31 bits per heavy atom. The van der Waals surface area contributed by atoms with Crippen molar-refractivity contribution < 1.29 is 53.4 Å². The van der Waals surface area contributed by atoms with Crippen molar-refractivity contribution in [3.05, 3.63) is 30.0 Å². The average Bonchev–Trinajstić information content (AvgIpc) is 4.23. The quantitative estimate of drug-likeness (QED) is 0.0125. The van der Waals surface area contributed by atoms with E-state index in [-0.39, 0.29) is 82.8 Å². The van der Waals surface area contributed by atoms with E-state index in [4.69, 9.17) is 51.6 Å². The summed E-state index contributed by atoms with van der Waals surface area (Å²) in [6, 6.07) is -9.62. The number of aliphatic hydroxyl groups excluding tert-OH is 2. The van der Waals surface area contributed by atoms with E-state index in [1.807, 2.05) is 0 Å². The molecule has 32 heteroatoms. The van der Waals surface area contributed by atoms with Gasteiger partial charge in [-0.25, -0.2) is 4.98 Å². The molecule has 29 N–H and O–H groups in total. The molecule has 1 fully saturated rings. The van der Waals surface area contributed by atoms with Crippen LogP contribution in [0.3, 0.4) is 0 Å². The number of carbonyl (C=O) groups excluding carboxylic acids is 9. The van der Waals surface area contributed by atoms with Gasteiger partial charge in [0.15, 0.2) is 5.96 Å². The van der Waals surface area contributed by atoms with E-state index in [2.05, 4.69) is 57.5 Å². The number of nitrogens with zero attached hydrogens (tertiary/aromatic N) is 3. The van der Waals surface area contributed by atoms with Gasteiger partial charge < -0.3 is 114 Å². The topological polar surface area (TPSA) is 569 Å². The minimum Gasteiger partial charge on any atom is -0.389 e. The molecule has 9 amide bonds. The average molecular weight is 1150 g/mol. The maximum Gasteiger partial charge on any atom is 0.267 e. The van der Waals surface area contributed by atoms with Crippen LogP contribution in [0.2, 0.25) is 0 Å². The molecule has 1 saturated heterocycles. The number of aromatic amines is 1. The van der Waals surface area contributed by atoms with E-state index in [0.29, 0.717) is 63.9 Å². The zero-order chi connectivity index (χ0) is 60.3. The third-order valence-corrected chi connectivity index (χ3v) is 12.9. The summed E-state index contributed by atoms with van der Waals surface area (Å²) < 4.78 is 0. The number of aromatic nitrogens is 2. The van der Waals surface area contributed by atoms with E-state index in [9.17, 15) is 53.4 Å². The van der Waals surface area contributed by atoms with Crippen LogP contribution >= 0.6 is 0 Å². The lowest BCUT2D eigenvalue weighted by Gasteiger charge is -2.30. The highest BCUT2D eigenvalue weighted by atomic mass is 16.3. The standard InChI is InChI=1S/C49H91N21O11/c50-16-4-1-7-20-60-42(75)31(14-9-21-61-49(57)58)65-43(76)32(12-3-6-18-52)66-44(77)34(23-29-26-59-28-63-29)67-45(78)35-15-10-22-70(35)48(81)33(13-8-19-53)64-38(73)27-62-46(79)39(36(71)24-54)69-47(80)40(37(72)25-55)68-41(74)30(56)11-2-5-17-51/h14,26,28,30,32-37,39-40,71-72H,1-13,15-25,27,50-56H2,(H,59,63)(H,60,75)(H,62,79)(H,64,73)(H,65,76)(H,66,77)(H,67,78)(H,68,74)(H,69,80)(H4,57,58,61)/b31-14-/t30-,32-,33+,34-,35-,36-,37-,39-,40-/m0/s1. The lowest BCUT2D eigenvalue weighted by molar-refractivity contribution is -0.142. The third kappa shape index (κ3) is 26.0. The zero-order valence-corrected chi connectivity index (χ0v) is 46.2. The highest BCUT2D eigenvalue weighted by Crippen LogP contribution is 2.20. The Balaban J connectivity index is 2.31. The van der Waals surface area contributed by atoms with Crippen molar-refractivity contribution in [1.82, 2.24) is 57.4 Å². The van der Waals surface area contributed by atoms with Crippen LogP contribution in [0, 0.1) is 0 Å². The summed E-state index contributed by atoms with van der Waals surface area (Å²) in [6.45, 7) is -0.110. The first kappa shape index (κ1) is 70.2. The van der Waals surface area contributed by atoms with Crippen molar-refractivity contribution in [2.45, 2.75) is 151 Å². The molecular weight excluding hydrogens is 1060 g/mol. The van der Waals surface area contributed by atoms with Crippen LogP contribution in [0.15, 0.2) is 29.3 Å². The number of rotatable bonds is 41. The Bertz CT molecular complexity index is 2180. The molecular formula is C49H91N21O11. The molecule has 0 radical (unpaired) electrons. The summed E-state index contributed by atoms with van der Waals surface area (Å²) in [7, 11) is 0. The Kier molecular flexibility index (Phi) is 34.2. The summed E-state index contributed by atoms with van der Waals surface area (Å²) in [5.74, 6) is -7.61. The van der Waals surface area contributed by atoms with Gasteiger partial charge in [-0.05, 0) is 103 Å². The second kappa shape index (κ2) is 39.5. The van der Waals surface area contributed by atoms with Crippen molar-refractivity contribution in [3.8, 4) is 0 Å². The van der Waals surface area contributed by atoms with Crippen LogP contribution in [-0.2, 0) is 49.6 Å². The molecule has 1 aliphatic rings. The fraction of sp³-hybridized carbons (Fsp3) is 0.694. The fourth-order valence-electron chi connectivity index (χ4n) is 8.39. The van der Waals surface area contributed by atoms with Crippen LogP contribution in [0.4, 0.5) is 0 Å². The highest BCUT2D eigenvalue weighted by molar-refractivity contribution is 6.00. The number of aliphatic hydroxyl groups is 2. The van der Waals surface area contributed by atoms with E-state index >= 15 is 0 Å². The molecule has 1 aliphatic heterocycles. The van der Waals surface area contributed by atoms with Crippen LogP contribution in [-0.4, -0.2) is 204 Å². The number of unbranched alkanes of at least 4 members (excludes halogenated alkanes) is 4. The first-order valence-electron chi connectivity index (χ1n) is 27.5. The summed E-state index contributed by atoms with van der Waals surface area (Å²) in [4.78, 5) is 136. The first-order chi connectivity index (χ1) is 38.8. The van der Waals surface area contributed by atoms with Gasteiger partial charge >= 0.3 is 0 Å². The number of imidazole rings is 1. The summed E-state index contributed by atoms with van der Waals surface area (Å²) in [5.41, 5.74) is 51.1. The predicted molar refractivity (Wildman–Crippen MR) is 299 cm³/mol. The van der Waals surface area contributed by atoms with Crippen LogP contribution in [0.25, 0.3) is 0 Å². The van der Waals surface area contributed by atoms with E-state index < -0.39 is 127 Å². The zero-order valence-electron chi connectivity index (χ0n) is 46.2. The van der Waals surface area contributed by atoms with Gasteiger partial charge in [0, 0.05) is 51.0 Å². The normalized spacial score (nSPS) is 16.2. The number of H-pyrrole nitrogens is 1. The van der Waals surface area contributed by atoms with Crippen molar-refractivity contribution in [1.29, 1.82) is 0 Å². The number of aliphatic imine (C=N–C) groups is 1. The molecule has 9 atom stereocenters. The van der Waals surface area contributed by atoms with E-state index in [0.717, 1.165) is 12.8 Å². The van der Waals surface area contributed by atoms with E-state index in [1.54, 1.807) is 0 Å². The molecule has 1 aromatic heterocycles. The lowest BCUT2D eigenvalue weighted by atomic mass is 10.0. The smallest absolute Gasteiger partial charge is 0.267 e. The SMILES string of the molecule is NCCCCCNC(=O)/C(=C/CCN=C(N)N)NC(=O)[C@H](CCCCN)NC(=O)[C@H](Cc1cnc[nH]1)NC(=O)[C@@H]1CCCN1C(=O)[C@@H](CCCN)NC(=O)CNC(=O)[C@@H](NC(=O)[C@@H](NC(=O)[C@@H](N)CCCCN)[C@@H](O)CN)[C@@H](O)CN. The fourth-order valence-corrected chi connectivity index (χ4v) is 8.39. The number of nitrogens with two attached hydrogens (primary N) is 9. The van der Waals surface area contributed by atoms with Gasteiger partial charge in [0.25, 0.3) is 5.91 Å². The molecule has 1 aromatic rings. The molecule has 81 heavy (non-hydrogen) atoms. The summed E-state index contributed by atoms with van der Waals surface area (Å²) in [6.07, 6.45) is 6.11. The number of hydrogen-bond donors (Lipinski definition) is 20. The van der Waals surface area contributed by atoms with Gasteiger partial charge in [-0.15, -0.1) is 0 Å². The predicted octanol–water partition coefficient (Wildman–Crippen LogP) is -8.64. The van der Waals surface area contributed by atoms with Crippen LogP contribution < -0.4 is 94.1 Å². The Hall–Kier alpha value is -6.91. The number of carbonyl (C=O) groups is 9. The summed E-state index contributed by atoms with van der Waals surface area (Å²) in [5, 5.41) is 41.5. The highest BCUT2D eigenvalue weighted by Gasteiger charge is 2.40. The Morgan fingerprint density at radius 1 is 0.691 bits per heavy atom. The van der Waals surface area contributed by atoms with Gasteiger partial charge in [0.1, 0.15) is 41.9 Å². The lowest BCUT2D eigenvalue weighted by Crippen LogP contribution is -2.63. The number of hydrogen-bond acceptors (Lipinski definition) is 20. The van der Waals surface area contributed by atoms with Crippen LogP contribution in [0.5, 0.6) is 0 Å². The summed E-state index contributed by atoms with van der Waals surface area (Å²) >= 11 is 0. The molecule has 0 bridgehead atoms. The van der Waals surface area contributed by atoms with Gasteiger partial charge in [-0.3, -0.25) is 48.1 Å². The van der Waals surface area contributed by atoms with Crippen molar-refractivity contribution in [3.63, 3.8) is 0 Å². The number of nitrogens with one attached hydrogen (secondary N) is 9. The second-order valence-electron chi connectivity index (χ2n) is 19.4. The molecule has 2 heterocycles. The number of amides is 9. The molecule has 2 rings (SSSR count). The molecule has 0 spiro atoms. The van der Waals surface area contributed by atoms with Gasteiger partial charge in [0.05, 0.1) is 31.1 Å². The molecule has 32 nitrogen and oxygen atoms in total. The Labute approximate surface area is 471 Å². The molecule has 0 saturated carbocycles.